The summed E-state index contributed by atoms with van der Waals surface area (Å²) in [6.45, 7) is 12.3. The molecule has 1 heterocycles. The van der Waals surface area contributed by atoms with Crippen LogP contribution in [0.1, 0.15) is 97.9 Å². The van der Waals surface area contributed by atoms with Gasteiger partial charge >= 0.3 is 0 Å². The molecule has 3 aromatic rings. The summed E-state index contributed by atoms with van der Waals surface area (Å²) in [5.41, 5.74) is 6.53. The third kappa shape index (κ3) is 9.32. The molecule has 1 N–H and O–H groups in total. The number of ketones is 1. The third-order valence-electron chi connectivity index (χ3n) is 7.18. The lowest BCUT2D eigenvalue weighted by atomic mass is 9.87. The number of carbonyl (C=O) groups excluding carboxylic acids is 4. The second-order valence-corrected chi connectivity index (χ2v) is 10.2. The first-order valence-corrected chi connectivity index (χ1v) is 14.5. The number of Topliss-reactive ketones (excluding diaryl/α,β-unsaturated/α-hetero) is 1. The number of nitrogens with zero attached hydrogens (tertiary/aromatic N) is 1. The van der Waals surface area contributed by atoms with Crippen LogP contribution in [0.25, 0.3) is 0 Å². The molecular weight excluding hydrogens is 512 g/mol. The number of benzene rings is 3. The minimum absolute atomic E-state index is 0.0000463. The molecule has 6 heteroatoms. The van der Waals surface area contributed by atoms with Crippen molar-refractivity contribution in [3.8, 4) is 0 Å². The molecular formula is C35H44N2O4. The molecule has 1 amide bonds. The van der Waals surface area contributed by atoms with Crippen LogP contribution in [0.15, 0.2) is 72.8 Å². The van der Waals surface area contributed by atoms with Crippen LogP contribution in [0, 0.1) is 0 Å². The van der Waals surface area contributed by atoms with Crippen molar-refractivity contribution in [2.45, 2.75) is 71.8 Å². The molecule has 218 valence electrons. The van der Waals surface area contributed by atoms with E-state index in [-0.39, 0.29) is 23.7 Å². The van der Waals surface area contributed by atoms with Crippen LogP contribution in [0.3, 0.4) is 0 Å². The summed E-state index contributed by atoms with van der Waals surface area (Å²) in [5.74, 6) is 0.178. The van der Waals surface area contributed by atoms with Gasteiger partial charge in [0.2, 0.25) is 5.91 Å². The molecule has 0 aromatic heterocycles. The van der Waals surface area contributed by atoms with Crippen LogP contribution in [-0.2, 0) is 20.8 Å². The lowest BCUT2D eigenvalue weighted by Crippen LogP contribution is -2.32. The number of nitrogens with one attached hydrogen (secondary N) is 1. The topological polar surface area (TPSA) is 83.6 Å². The van der Waals surface area contributed by atoms with Gasteiger partial charge in [0.25, 0.3) is 0 Å². The first-order valence-electron chi connectivity index (χ1n) is 14.5. The van der Waals surface area contributed by atoms with Crippen LogP contribution >= 0.6 is 0 Å². The maximum atomic E-state index is 11.6. The summed E-state index contributed by atoms with van der Waals surface area (Å²) in [6, 6.07) is 24.5. The smallest absolute Gasteiger partial charge is 0.225 e. The fourth-order valence-corrected chi connectivity index (χ4v) is 5.53. The van der Waals surface area contributed by atoms with E-state index in [4.69, 9.17) is 4.79 Å². The Bertz CT molecular complexity index is 1270. The largest absolute Gasteiger partial charge is 0.326 e. The van der Waals surface area contributed by atoms with Crippen LogP contribution in [0.4, 0.5) is 5.69 Å². The SMILES string of the molecule is C=O.CC(=O)CC1CC(=O)Nc2ccccc21.CCCN(CCC)C(c1ccccc1C=O)c1ccccc1CC. The summed E-state index contributed by atoms with van der Waals surface area (Å²) in [5, 5.41) is 2.81. The van der Waals surface area contributed by atoms with Gasteiger partial charge in [-0.2, -0.15) is 0 Å². The standard InChI is InChI=1S/C22H29NO.C12H13NO2.CH2O/c1-4-15-23(16-5-2)22(20-13-9-7-11-18(20)6-3)21-14-10-8-12-19(21)17-24;1-8(14)6-9-7-12(15)13-11-5-3-2-4-10(9)11;1-2/h7-14,17,22H,4-6,15-16H2,1-3H3;2-5,9H,6-7H2,1H3,(H,13,15);1H2. The Hall–Kier alpha value is -3.90. The summed E-state index contributed by atoms with van der Waals surface area (Å²) in [6.07, 6.45) is 5.07. The van der Waals surface area contributed by atoms with Gasteiger partial charge in [-0.1, -0.05) is 87.5 Å². The van der Waals surface area contributed by atoms with Gasteiger partial charge in [0.15, 0.2) is 0 Å². The lowest BCUT2D eigenvalue weighted by Gasteiger charge is -2.34. The molecule has 6 nitrogen and oxygen atoms in total. The molecule has 0 spiro atoms. The quantitative estimate of drug-likeness (QED) is 0.253. The maximum absolute atomic E-state index is 11.6. The highest BCUT2D eigenvalue weighted by molar-refractivity contribution is 5.95. The molecule has 41 heavy (non-hydrogen) atoms. The van der Waals surface area contributed by atoms with Crippen LogP contribution in [-0.4, -0.2) is 42.8 Å². The van der Waals surface area contributed by atoms with Gasteiger partial charge < -0.3 is 14.9 Å². The second-order valence-electron chi connectivity index (χ2n) is 10.2. The minimum atomic E-state index is -0.0000463. The first kappa shape index (κ1) is 33.3. The average Bonchev–Trinajstić information content (AvgIpc) is 2.99. The lowest BCUT2D eigenvalue weighted by molar-refractivity contribution is -0.118. The maximum Gasteiger partial charge on any atom is 0.225 e. The molecule has 1 aliphatic rings. The van der Waals surface area contributed by atoms with Crippen molar-refractivity contribution >= 4 is 30.5 Å². The highest BCUT2D eigenvalue weighted by Gasteiger charge is 2.26. The number of aldehydes is 1. The summed E-state index contributed by atoms with van der Waals surface area (Å²) >= 11 is 0. The van der Waals surface area contributed by atoms with Gasteiger partial charge in [-0.15, -0.1) is 0 Å². The zero-order valence-corrected chi connectivity index (χ0v) is 24.9. The van der Waals surface area contributed by atoms with Crippen molar-refractivity contribution in [3.05, 3.63) is 101 Å². The van der Waals surface area contributed by atoms with Crippen LogP contribution < -0.4 is 5.32 Å². The number of aryl methyl sites for hydroxylation is 1. The van der Waals surface area contributed by atoms with Gasteiger partial charge in [0.05, 0.1) is 6.04 Å². The van der Waals surface area contributed by atoms with E-state index in [0.717, 1.165) is 61.0 Å². The molecule has 2 atom stereocenters. The van der Waals surface area contributed by atoms with Crippen molar-refractivity contribution in [1.82, 2.24) is 4.90 Å². The number of carbonyl (C=O) groups is 4. The van der Waals surface area contributed by atoms with Crippen molar-refractivity contribution in [2.75, 3.05) is 18.4 Å². The fraction of sp³-hybridized carbons (Fsp3) is 0.371. The second kappa shape index (κ2) is 17.7. The van der Waals surface area contributed by atoms with E-state index >= 15 is 0 Å². The van der Waals surface area contributed by atoms with E-state index in [1.165, 1.54) is 11.1 Å². The number of amides is 1. The molecule has 2 unspecified atom stereocenters. The zero-order valence-electron chi connectivity index (χ0n) is 24.9. The Morgan fingerprint density at radius 1 is 0.927 bits per heavy atom. The molecule has 0 aliphatic carbocycles. The molecule has 1 aliphatic heterocycles. The predicted octanol–water partition coefficient (Wildman–Crippen LogP) is 7.18. The highest BCUT2D eigenvalue weighted by Crippen LogP contribution is 2.35. The average molecular weight is 557 g/mol. The van der Waals surface area contributed by atoms with E-state index in [1.807, 2.05) is 49.3 Å². The number of fused-ring (bicyclic) bond motifs is 1. The third-order valence-corrected chi connectivity index (χ3v) is 7.18. The van der Waals surface area contributed by atoms with Crippen molar-refractivity contribution in [2.24, 2.45) is 0 Å². The van der Waals surface area contributed by atoms with Gasteiger partial charge in [0, 0.05) is 30.0 Å². The Labute approximate surface area is 245 Å². The normalized spacial score (nSPS) is 14.4. The predicted molar refractivity (Wildman–Crippen MR) is 166 cm³/mol. The fourth-order valence-electron chi connectivity index (χ4n) is 5.53. The number of anilines is 1. The Kier molecular flexibility index (Phi) is 14.4. The van der Waals surface area contributed by atoms with Gasteiger partial charge in [-0.25, -0.2) is 0 Å². The minimum Gasteiger partial charge on any atom is -0.326 e. The van der Waals surface area contributed by atoms with Crippen LogP contribution in [0.5, 0.6) is 0 Å². The van der Waals surface area contributed by atoms with E-state index in [1.54, 1.807) is 6.92 Å². The number of hydrogen-bond acceptors (Lipinski definition) is 5. The molecule has 0 bridgehead atoms. The summed E-state index contributed by atoms with van der Waals surface area (Å²) in [4.78, 5) is 44.7. The Morgan fingerprint density at radius 3 is 2.12 bits per heavy atom. The van der Waals surface area contributed by atoms with Crippen LogP contribution in [0.2, 0.25) is 0 Å². The molecule has 3 aromatic carbocycles. The molecule has 0 saturated heterocycles. The van der Waals surface area contributed by atoms with E-state index in [2.05, 4.69) is 61.3 Å². The summed E-state index contributed by atoms with van der Waals surface area (Å²) < 4.78 is 0. The monoisotopic (exact) mass is 556 g/mol. The number of para-hydroxylation sites is 1. The van der Waals surface area contributed by atoms with E-state index in [9.17, 15) is 14.4 Å². The van der Waals surface area contributed by atoms with E-state index < -0.39 is 0 Å². The van der Waals surface area contributed by atoms with Crippen molar-refractivity contribution < 1.29 is 19.2 Å². The summed E-state index contributed by atoms with van der Waals surface area (Å²) in [7, 11) is 0. The zero-order chi connectivity index (χ0) is 30.2. The molecule has 0 radical (unpaired) electrons. The highest BCUT2D eigenvalue weighted by atomic mass is 16.2. The Balaban J connectivity index is 0.000000296. The van der Waals surface area contributed by atoms with Gasteiger partial charge in [0.1, 0.15) is 18.9 Å². The molecule has 0 saturated carbocycles. The molecule has 4 rings (SSSR count). The van der Waals surface area contributed by atoms with E-state index in [0.29, 0.717) is 12.8 Å². The van der Waals surface area contributed by atoms with Crippen molar-refractivity contribution in [1.29, 1.82) is 0 Å². The number of hydrogen-bond donors (Lipinski definition) is 1. The first-order chi connectivity index (χ1) is 19.9. The Morgan fingerprint density at radius 2 is 1.51 bits per heavy atom. The molecule has 0 fully saturated rings. The number of rotatable bonds is 11. The van der Waals surface area contributed by atoms with Crippen molar-refractivity contribution in [3.63, 3.8) is 0 Å². The van der Waals surface area contributed by atoms with Gasteiger partial charge in [-0.05, 0) is 67.6 Å². The van der Waals surface area contributed by atoms with Gasteiger partial charge in [-0.3, -0.25) is 14.5 Å².